The van der Waals surface area contributed by atoms with Crippen LogP contribution < -0.4 is 5.32 Å². The molecule has 4 N–H and O–H groups in total. The number of likely N-dealkylation sites (tertiary alicyclic amines) is 1. The maximum atomic E-state index is 10.8. The summed E-state index contributed by atoms with van der Waals surface area (Å²) in [5, 5.41) is 33.5. The van der Waals surface area contributed by atoms with Crippen molar-refractivity contribution < 1.29 is 15.2 Å². The fraction of sp³-hybridized carbons (Fsp3) is 0.938. The normalized spacial score (nSPS) is 44.8. The summed E-state index contributed by atoms with van der Waals surface area (Å²) in [6.45, 7) is 1.42. The van der Waals surface area contributed by atoms with E-state index in [1.54, 1.807) is 0 Å². The van der Waals surface area contributed by atoms with E-state index in [2.05, 4.69) is 5.32 Å². The molecule has 5 rings (SSSR count). The Morgan fingerprint density at radius 3 is 2.52 bits per heavy atom. The molecule has 0 amide bonds. The van der Waals surface area contributed by atoms with Crippen molar-refractivity contribution in [2.45, 2.75) is 68.4 Å². The second-order valence-corrected chi connectivity index (χ2v) is 9.00. The molecule has 0 aromatic rings. The molecule has 4 aliphatic carbocycles. The van der Waals surface area contributed by atoms with E-state index in [-0.39, 0.29) is 11.5 Å². The van der Waals surface area contributed by atoms with Gasteiger partial charge in [-0.15, -0.1) is 0 Å². The van der Waals surface area contributed by atoms with Gasteiger partial charge in [0.2, 0.25) is 0 Å². The fourth-order valence-corrected chi connectivity index (χ4v) is 6.50. The first-order valence-electron chi connectivity index (χ1n) is 9.01. The van der Waals surface area contributed by atoms with Crippen molar-refractivity contribution in [3.63, 3.8) is 0 Å². The van der Waals surface area contributed by atoms with Gasteiger partial charge in [-0.1, -0.05) is 12.2 Å². The Bertz CT molecular complexity index is 490. The second kappa shape index (κ2) is 5.66. The first-order valence-corrected chi connectivity index (χ1v) is 9.42. The average Bonchev–Trinajstić information content (AvgIpc) is 2.91. The van der Waals surface area contributed by atoms with Crippen LogP contribution in [0.5, 0.6) is 0 Å². The van der Waals surface area contributed by atoms with Gasteiger partial charge in [0.1, 0.15) is 0 Å². The molecule has 5 nitrogen and oxygen atoms in total. The van der Waals surface area contributed by atoms with Crippen LogP contribution in [0, 0.1) is 11.8 Å². The van der Waals surface area contributed by atoms with Crippen molar-refractivity contribution in [3.05, 3.63) is 0 Å². The van der Waals surface area contributed by atoms with Crippen molar-refractivity contribution in [1.82, 2.24) is 10.2 Å². The molecule has 23 heavy (non-hydrogen) atoms. The summed E-state index contributed by atoms with van der Waals surface area (Å²) in [7, 11) is -1.32. The Kier molecular flexibility index (Phi) is 4.01. The molecule has 7 heteroatoms. The Labute approximate surface area is 143 Å². The molecule has 1 aliphatic heterocycles. The molecule has 3 atom stereocenters. The predicted molar refractivity (Wildman–Crippen MR) is 92.9 cm³/mol. The number of hydrogen-bond acceptors (Lipinski definition) is 5. The Morgan fingerprint density at radius 1 is 1.22 bits per heavy atom. The molecular formula is C16H27BN2O3S. The Hall–Kier alpha value is -0.205. The van der Waals surface area contributed by atoms with Crippen molar-refractivity contribution >= 4 is 24.3 Å². The maximum Gasteiger partial charge on any atom is 0.475 e. The average molecular weight is 338 g/mol. The first-order chi connectivity index (χ1) is 10.9. The van der Waals surface area contributed by atoms with Crippen LogP contribution in [0.4, 0.5) is 0 Å². The minimum absolute atomic E-state index is 0.0376. The molecule has 0 aromatic carbocycles. The van der Waals surface area contributed by atoms with Crippen molar-refractivity contribution in [2.24, 2.45) is 11.8 Å². The molecule has 0 aromatic heterocycles. The lowest BCUT2D eigenvalue weighted by atomic mass is 9.51. The molecule has 1 saturated heterocycles. The zero-order chi connectivity index (χ0) is 16.2. The monoisotopic (exact) mass is 338 g/mol. The molecular weight excluding hydrogens is 311 g/mol. The van der Waals surface area contributed by atoms with Gasteiger partial charge in [0.05, 0.1) is 16.5 Å². The van der Waals surface area contributed by atoms with E-state index in [1.807, 2.05) is 4.90 Å². The first kappa shape index (κ1) is 16.3. The third-order valence-electron chi connectivity index (χ3n) is 6.61. The van der Waals surface area contributed by atoms with Crippen molar-refractivity contribution in [3.8, 4) is 0 Å². The van der Waals surface area contributed by atoms with Gasteiger partial charge in [-0.2, -0.15) is 0 Å². The Balaban J connectivity index is 1.40. The molecule has 5 fully saturated rings. The number of nitrogens with one attached hydrogen (secondary N) is 1. The van der Waals surface area contributed by atoms with E-state index in [1.165, 1.54) is 6.42 Å². The second-order valence-electron chi connectivity index (χ2n) is 8.53. The number of aliphatic hydroxyl groups is 1. The summed E-state index contributed by atoms with van der Waals surface area (Å²) in [6.07, 6.45) is 8.12. The highest BCUT2D eigenvalue weighted by atomic mass is 32.1. The van der Waals surface area contributed by atoms with Gasteiger partial charge < -0.3 is 25.4 Å². The van der Waals surface area contributed by atoms with E-state index >= 15 is 0 Å². The lowest BCUT2D eigenvalue weighted by Gasteiger charge is -2.60. The predicted octanol–water partition coefficient (Wildman–Crippen LogP) is 0.463. The minimum atomic E-state index is -1.32. The number of hydrogen-bond donors (Lipinski definition) is 4. The van der Waals surface area contributed by atoms with E-state index in [0.29, 0.717) is 18.4 Å². The summed E-state index contributed by atoms with van der Waals surface area (Å²) < 4.78 is 0. The highest BCUT2D eigenvalue weighted by Gasteiger charge is 2.57. The van der Waals surface area contributed by atoms with E-state index in [9.17, 15) is 15.2 Å². The van der Waals surface area contributed by atoms with Crippen LogP contribution in [0.2, 0.25) is 0 Å². The lowest BCUT2D eigenvalue weighted by molar-refractivity contribution is -0.141. The van der Waals surface area contributed by atoms with Crippen LogP contribution in [-0.4, -0.2) is 62.3 Å². The van der Waals surface area contributed by atoms with E-state index in [0.717, 1.165) is 56.5 Å². The molecule has 4 bridgehead atoms. The smallest absolute Gasteiger partial charge is 0.426 e. The van der Waals surface area contributed by atoms with Gasteiger partial charge in [0.15, 0.2) is 0 Å². The van der Waals surface area contributed by atoms with Gasteiger partial charge in [0, 0.05) is 18.6 Å². The lowest BCUT2D eigenvalue weighted by Crippen LogP contribution is -2.65. The Morgan fingerprint density at radius 2 is 1.91 bits per heavy atom. The van der Waals surface area contributed by atoms with Crippen molar-refractivity contribution in [1.29, 1.82) is 0 Å². The fourth-order valence-electron chi connectivity index (χ4n) is 6.20. The third kappa shape index (κ3) is 2.95. The third-order valence-corrected chi connectivity index (χ3v) is 6.99. The van der Waals surface area contributed by atoms with Crippen LogP contribution in [0.15, 0.2) is 0 Å². The molecule has 0 spiro atoms. The van der Waals surface area contributed by atoms with Crippen LogP contribution >= 0.6 is 12.2 Å². The maximum absolute atomic E-state index is 10.8. The van der Waals surface area contributed by atoms with E-state index in [4.69, 9.17) is 12.2 Å². The summed E-state index contributed by atoms with van der Waals surface area (Å²) in [5.41, 5.74) is -0.424. The van der Waals surface area contributed by atoms with Crippen LogP contribution in [0.1, 0.15) is 51.4 Å². The molecule has 5 aliphatic rings. The van der Waals surface area contributed by atoms with Gasteiger partial charge in [-0.05, 0) is 63.2 Å². The molecule has 0 radical (unpaired) electrons. The van der Waals surface area contributed by atoms with E-state index < -0.39 is 12.7 Å². The van der Waals surface area contributed by atoms with Gasteiger partial charge in [-0.25, -0.2) is 0 Å². The van der Waals surface area contributed by atoms with Gasteiger partial charge in [0.25, 0.3) is 0 Å². The number of rotatable bonds is 4. The zero-order valence-electron chi connectivity index (χ0n) is 13.6. The molecule has 1 heterocycles. The summed E-state index contributed by atoms with van der Waals surface area (Å²) in [5.74, 6) is 1.05. The van der Waals surface area contributed by atoms with Gasteiger partial charge in [-0.3, -0.25) is 0 Å². The minimum Gasteiger partial charge on any atom is -0.426 e. The summed E-state index contributed by atoms with van der Waals surface area (Å²) in [6, 6.07) is 0. The summed E-state index contributed by atoms with van der Waals surface area (Å²) in [4.78, 5) is 2.76. The van der Waals surface area contributed by atoms with Crippen LogP contribution in [-0.2, 0) is 0 Å². The molecule has 2 unspecified atom stereocenters. The van der Waals surface area contributed by atoms with Crippen molar-refractivity contribution in [2.75, 3.05) is 13.1 Å². The highest BCUT2D eigenvalue weighted by molar-refractivity contribution is 7.80. The number of nitrogens with zero attached hydrogens (tertiary/aromatic N) is 1. The SMILES string of the molecule is OB(O)[C@@H]1CCCN1C(=S)CNC12CC3CC(CC(O)(C3)C1)C2. The topological polar surface area (TPSA) is 76.0 Å². The summed E-state index contributed by atoms with van der Waals surface area (Å²) >= 11 is 5.57. The standard InChI is InChI=1S/C16H27BN2O3S/c20-16-7-11-4-12(8-16)6-15(5-11,10-16)18-9-14(23)19-3-1-2-13(19)17(21)22/h11-13,18,20-22H,1-10H2/t11?,12?,13-,15?,16?/m0/s1. The quantitative estimate of drug-likeness (QED) is 0.441. The number of thiocarbonyl (C=S) groups is 1. The largest absolute Gasteiger partial charge is 0.475 e. The molecule has 128 valence electrons. The van der Waals surface area contributed by atoms with Crippen LogP contribution in [0.3, 0.4) is 0 Å². The van der Waals surface area contributed by atoms with Crippen LogP contribution in [0.25, 0.3) is 0 Å². The van der Waals surface area contributed by atoms with Gasteiger partial charge >= 0.3 is 7.12 Å². The zero-order valence-corrected chi connectivity index (χ0v) is 14.4. The molecule has 4 saturated carbocycles. The highest BCUT2D eigenvalue weighted by Crippen LogP contribution is 2.57.